The third kappa shape index (κ3) is 3.56. The maximum Gasteiger partial charge on any atom is 0.331 e. The van der Waals surface area contributed by atoms with Crippen molar-refractivity contribution in [3.05, 3.63) is 35.8 Å². The first kappa shape index (κ1) is 19.7. The van der Waals surface area contributed by atoms with Crippen molar-refractivity contribution in [3.63, 3.8) is 0 Å². The molecule has 5 heteroatoms. The summed E-state index contributed by atoms with van der Waals surface area (Å²) in [4.78, 5) is 23.6. The standard InChI is InChI=1S/C22H30O5/c1-15-7-11-22(14-27-16(2)23)18(20(24)25)5-4-6-19(22)21(15,3)10-8-17-9-12-26-13-17/h5,9,12-13,15,19H,4,6-8,10-11,14H2,1-3H3,(H,24,25)/t15-,19-,21+,22+/m1/s1. The van der Waals surface area contributed by atoms with Crippen molar-refractivity contribution in [3.8, 4) is 0 Å². The lowest BCUT2D eigenvalue weighted by atomic mass is 9.46. The highest BCUT2D eigenvalue weighted by atomic mass is 16.5. The molecule has 148 valence electrons. The Hall–Kier alpha value is -2.04. The molecule has 0 saturated heterocycles. The number of ether oxygens (including phenoxy) is 1. The third-order valence-corrected chi connectivity index (χ3v) is 7.25. The first-order valence-electron chi connectivity index (χ1n) is 9.88. The molecule has 0 bridgehead atoms. The normalized spacial score (nSPS) is 33.1. The molecular weight excluding hydrogens is 344 g/mol. The highest BCUT2D eigenvalue weighted by Gasteiger charge is 2.58. The first-order chi connectivity index (χ1) is 12.8. The van der Waals surface area contributed by atoms with Crippen molar-refractivity contribution in [2.75, 3.05) is 6.61 Å². The fourth-order valence-electron chi connectivity index (χ4n) is 5.53. The Kier molecular flexibility index (Phi) is 5.50. The van der Waals surface area contributed by atoms with Gasteiger partial charge in [0.1, 0.15) is 6.61 Å². The zero-order valence-electron chi connectivity index (χ0n) is 16.5. The minimum atomic E-state index is -0.876. The Morgan fingerprint density at radius 2 is 2.15 bits per heavy atom. The summed E-state index contributed by atoms with van der Waals surface area (Å²) in [6.07, 6.45) is 10.6. The fourth-order valence-corrected chi connectivity index (χ4v) is 5.53. The topological polar surface area (TPSA) is 76.7 Å². The summed E-state index contributed by atoms with van der Waals surface area (Å²) in [7, 11) is 0. The number of hydrogen-bond acceptors (Lipinski definition) is 4. The lowest BCUT2D eigenvalue weighted by Crippen LogP contribution is -2.54. The summed E-state index contributed by atoms with van der Waals surface area (Å²) >= 11 is 0. The predicted octanol–water partition coefficient (Wildman–Crippen LogP) is 4.62. The Bertz CT molecular complexity index is 719. The second kappa shape index (κ2) is 7.53. The molecule has 1 heterocycles. The molecule has 27 heavy (non-hydrogen) atoms. The fraction of sp³-hybridized carbons (Fsp3) is 0.636. The van der Waals surface area contributed by atoms with E-state index in [0.29, 0.717) is 11.5 Å². The summed E-state index contributed by atoms with van der Waals surface area (Å²) in [6.45, 7) is 6.14. The zero-order chi connectivity index (χ0) is 19.7. The number of esters is 1. The number of carbonyl (C=O) groups is 2. The average molecular weight is 374 g/mol. The highest BCUT2D eigenvalue weighted by Crippen LogP contribution is 2.62. The van der Waals surface area contributed by atoms with Crippen LogP contribution in [0.15, 0.2) is 34.7 Å². The number of allylic oxidation sites excluding steroid dienone is 1. The van der Waals surface area contributed by atoms with Crippen molar-refractivity contribution in [2.24, 2.45) is 22.7 Å². The number of aliphatic carboxylic acids is 1. The number of fused-ring (bicyclic) bond motifs is 1. The number of aryl methyl sites for hydroxylation is 1. The molecule has 0 aromatic carbocycles. The summed E-state index contributed by atoms with van der Waals surface area (Å²) in [5.74, 6) is -0.570. The van der Waals surface area contributed by atoms with E-state index in [1.165, 1.54) is 12.5 Å². The Balaban J connectivity index is 1.96. The summed E-state index contributed by atoms with van der Waals surface area (Å²) < 4.78 is 10.7. The summed E-state index contributed by atoms with van der Waals surface area (Å²) in [6, 6.07) is 1.99. The van der Waals surface area contributed by atoms with Gasteiger partial charge in [0.25, 0.3) is 0 Å². The molecule has 1 saturated carbocycles. The number of carboxylic acids is 1. The lowest BCUT2D eigenvalue weighted by molar-refractivity contribution is -0.155. The Labute approximate surface area is 160 Å². The van der Waals surface area contributed by atoms with Crippen LogP contribution in [-0.2, 0) is 20.7 Å². The quantitative estimate of drug-likeness (QED) is 0.735. The summed E-state index contributed by atoms with van der Waals surface area (Å²) in [5, 5.41) is 9.90. The van der Waals surface area contributed by atoms with Gasteiger partial charge in [-0.25, -0.2) is 4.79 Å². The molecule has 5 nitrogen and oxygen atoms in total. The van der Waals surface area contributed by atoms with Gasteiger partial charge in [-0.3, -0.25) is 4.79 Å². The molecule has 1 aromatic rings. The second-order valence-corrected chi connectivity index (χ2v) is 8.57. The summed E-state index contributed by atoms with van der Waals surface area (Å²) in [5.41, 5.74) is 1.00. The minimum Gasteiger partial charge on any atom is -0.478 e. The first-order valence-corrected chi connectivity index (χ1v) is 9.88. The number of carbonyl (C=O) groups excluding carboxylic acids is 1. The monoisotopic (exact) mass is 374 g/mol. The molecule has 2 aliphatic carbocycles. The third-order valence-electron chi connectivity index (χ3n) is 7.25. The van der Waals surface area contributed by atoms with Gasteiger partial charge in [0.05, 0.1) is 12.5 Å². The molecule has 1 aromatic heterocycles. The van der Waals surface area contributed by atoms with Gasteiger partial charge in [0, 0.05) is 17.9 Å². The SMILES string of the molecule is CC(=O)OC[C@]12CC[C@@H](C)[C@](C)(CCc3ccoc3)[C@H]1CCC=C2C(=O)O. The van der Waals surface area contributed by atoms with Crippen LogP contribution in [0.25, 0.3) is 0 Å². The highest BCUT2D eigenvalue weighted by molar-refractivity contribution is 5.88. The van der Waals surface area contributed by atoms with E-state index < -0.39 is 11.4 Å². The molecule has 0 amide bonds. The zero-order valence-corrected chi connectivity index (χ0v) is 16.5. The van der Waals surface area contributed by atoms with Crippen LogP contribution in [-0.4, -0.2) is 23.7 Å². The predicted molar refractivity (Wildman–Crippen MR) is 101 cm³/mol. The van der Waals surface area contributed by atoms with E-state index >= 15 is 0 Å². The largest absolute Gasteiger partial charge is 0.478 e. The van der Waals surface area contributed by atoms with Crippen LogP contribution in [0.4, 0.5) is 0 Å². The smallest absolute Gasteiger partial charge is 0.331 e. The minimum absolute atomic E-state index is 0.0232. The van der Waals surface area contributed by atoms with E-state index in [1.807, 2.05) is 12.1 Å². The van der Waals surface area contributed by atoms with E-state index in [2.05, 4.69) is 13.8 Å². The van der Waals surface area contributed by atoms with Gasteiger partial charge < -0.3 is 14.3 Å². The van der Waals surface area contributed by atoms with Crippen LogP contribution in [0.5, 0.6) is 0 Å². The second-order valence-electron chi connectivity index (χ2n) is 8.57. The van der Waals surface area contributed by atoms with E-state index in [0.717, 1.165) is 38.5 Å². The molecule has 1 fully saturated rings. The van der Waals surface area contributed by atoms with E-state index in [9.17, 15) is 14.7 Å². The van der Waals surface area contributed by atoms with Crippen molar-refractivity contribution in [1.29, 1.82) is 0 Å². The molecule has 4 atom stereocenters. The van der Waals surface area contributed by atoms with Gasteiger partial charge in [-0.15, -0.1) is 0 Å². The average Bonchev–Trinajstić information content (AvgIpc) is 3.15. The van der Waals surface area contributed by atoms with Crippen LogP contribution in [0.1, 0.15) is 58.4 Å². The Morgan fingerprint density at radius 1 is 1.37 bits per heavy atom. The van der Waals surface area contributed by atoms with Crippen molar-refractivity contribution in [2.45, 2.75) is 59.3 Å². The van der Waals surface area contributed by atoms with Crippen LogP contribution >= 0.6 is 0 Å². The number of furan rings is 1. The van der Waals surface area contributed by atoms with Crippen LogP contribution in [0.3, 0.4) is 0 Å². The van der Waals surface area contributed by atoms with Gasteiger partial charge in [0.2, 0.25) is 0 Å². The molecule has 2 aliphatic rings. The van der Waals surface area contributed by atoms with Gasteiger partial charge in [-0.1, -0.05) is 19.9 Å². The molecular formula is C22H30O5. The van der Waals surface area contributed by atoms with Gasteiger partial charge in [-0.05, 0) is 67.4 Å². The van der Waals surface area contributed by atoms with E-state index in [4.69, 9.17) is 9.15 Å². The van der Waals surface area contributed by atoms with Crippen molar-refractivity contribution >= 4 is 11.9 Å². The van der Waals surface area contributed by atoms with E-state index in [-0.39, 0.29) is 23.9 Å². The van der Waals surface area contributed by atoms with Crippen LogP contribution < -0.4 is 0 Å². The van der Waals surface area contributed by atoms with Crippen LogP contribution in [0.2, 0.25) is 0 Å². The Morgan fingerprint density at radius 3 is 2.78 bits per heavy atom. The number of carboxylic acid groups (broad SMARTS) is 1. The molecule has 0 spiro atoms. The molecule has 0 unspecified atom stereocenters. The number of hydrogen-bond donors (Lipinski definition) is 1. The molecule has 3 rings (SSSR count). The maximum absolute atomic E-state index is 12.1. The van der Waals surface area contributed by atoms with Crippen LogP contribution in [0, 0.1) is 22.7 Å². The maximum atomic E-state index is 12.1. The lowest BCUT2D eigenvalue weighted by Gasteiger charge is -2.58. The van der Waals surface area contributed by atoms with Crippen molar-refractivity contribution in [1.82, 2.24) is 0 Å². The van der Waals surface area contributed by atoms with Gasteiger partial charge in [0.15, 0.2) is 0 Å². The molecule has 0 radical (unpaired) electrons. The van der Waals surface area contributed by atoms with Gasteiger partial charge >= 0.3 is 11.9 Å². The van der Waals surface area contributed by atoms with Gasteiger partial charge in [-0.2, -0.15) is 0 Å². The molecule has 1 N–H and O–H groups in total. The van der Waals surface area contributed by atoms with E-state index in [1.54, 1.807) is 12.5 Å². The number of rotatable bonds is 6. The van der Waals surface area contributed by atoms with Crippen molar-refractivity contribution < 1.29 is 23.8 Å². The molecule has 0 aliphatic heterocycles.